The molecule has 1 aliphatic carbocycles. The van der Waals surface area contributed by atoms with Crippen molar-refractivity contribution in [2.24, 2.45) is 0 Å². The molecule has 0 fully saturated rings. The Morgan fingerprint density at radius 1 is 0.234 bits per heavy atom. The predicted octanol–water partition coefficient (Wildman–Crippen LogP) is 16.8. The zero-order valence-electron chi connectivity index (χ0n) is 35.1. The molecule has 0 bridgehead atoms. The van der Waals surface area contributed by atoms with E-state index in [1.165, 1.54) is 111 Å². The van der Waals surface area contributed by atoms with Crippen molar-refractivity contribution in [1.29, 1.82) is 0 Å². The van der Waals surface area contributed by atoms with Gasteiger partial charge in [0.1, 0.15) is 0 Å². The maximum Gasteiger partial charge on any atom is 0.0755 e. The average molecular weight is 812 g/mol. The van der Waals surface area contributed by atoms with Gasteiger partial charge in [-0.05, 0) is 113 Å². The molecular formula is C63H41N. The molecule has 1 nitrogen and oxygen atoms in total. The molecule has 0 saturated heterocycles. The molecule has 1 aliphatic heterocycles. The average Bonchev–Trinajstić information content (AvgIpc) is 3.67. The van der Waals surface area contributed by atoms with Gasteiger partial charge in [-0.3, -0.25) is 0 Å². The van der Waals surface area contributed by atoms with Gasteiger partial charge in [0.2, 0.25) is 0 Å². The van der Waals surface area contributed by atoms with E-state index in [9.17, 15) is 0 Å². The zero-order valence-corrected chi connectivity index (χ0v) is 35.1. The second-order valence-electron chi connectivity index (χ2n) is 17.1. The molecule has 13 rings (SSSR count). The molecule has 0 saturated carbocycles. The Labute approximate surface area is 373 Å². The molecule has 11 aromatic carbocycles. The van der Waals surface area contributed by atoms with E-state index in [0.717, 1.165) is 5.69 Å². The third-order valence-electron chi connectivity index (χ3n) is 13.9. The minimum Gasteiger partial charge on any atom is -0.309 e. The first kappa shape index (κ1) is 36.4. The second-order valence-corrected chi connectivity index (χ2v) is 17.1. The van der Waals surface area contributed by atoms with Crippen LogP contribution in [0.25, 0.3) is 77.2 Å². The molecule has 2 aliphatic rings. The van der Waals surface area contributed by atoms with E-state index in [1.54, 1.807) is 0 Å². The lowest BCUT2D eigenvalue weighted by Gasteiger charge is -2.47. The Hall–Kier alpha value is -8.26. The van der Waals surface area contributed by atoms with Crippen molar-refractivity contribution in [1.82, 2.24) is 0 Å². The largest absolute Gasteiger partial charge is 0.309 e. The molecule has 0 aromatic heterocycles. The third kappa shape index (κ3) is 5.19. The predicted molar refractivity (Wildman–Crippen MR) is 269 cm³/mol. The summed E-state index contributed by atoms with van der Waals surface area (Å²) >= 11 is 0. The van der Waals surface area contributed by atoms with Crippen LogP contribution in [-0.2, 0) is 5.41 Å². The summed E-state index contributed by atoms with van der Waals surface area (Å²) in [4.78, 5) is 2.60. The number of nitrogens with zero attached hydrogens (tertiary/aromatic N) is 1. The number of hydrogen-bond donors (Lipinski definition) is 0. The number of rotatable bonds is 5. The molecule has 0 amide bonds. The number of fused-ring (bicyclic) bond motifs is 13. The lowest BCUT2D eigenvalue weighted by atomic mass is 9.62. The van der Waals surface area contributed by atoms with Crippen molar-refractivity contribution < 1.29 is 0 Å². The quantitative estimate of drug-likeness (QED) is 0.167. The molecule has 1 heteroatoms. The highest BCUT2D eigenvalue weighted by Crippen LogP contribution is 2.67. The Morgan fingerprint density at radius 3 is 1.00 bits per heavy atom. The first-order valence-electron chi connectivity index (χ1n) is 22.3. The SMILES string of the molecule is c1ccc(-c2ccccc2-c2cc3c(c4ccccc24)N(c2ccccc2)c2c(cc(-c4ccccc4-c4ccccc4)c4ccccc24)C32c3ccccc3-c3ccccc32)cc1. The minimum absolute atomic E-state index is 0.690. The van der Waals surface area contributed by atoms with Crippen LogP contribution in [0.15, 0.2) is 249 Å². The monoisotopic (exact) mass is 811 g/mol. The standard InChI is InChI=1S/C63H41N/c1-4-22-42(23-5-1)45-28-10-12-30-47(45)55-40-59-61(53-36-16-14-32-49(53)55)64(44-26-8-3-9-27-44)62-54-37-17-15-33-50(54)56(48-31-13-11-29-46(48)43-24-6-2-7-25-43)41-60(62)63(59)57-38-20-18-34-51(57)52-35-19-21-39-58(52)63/h1-41H. The molecule has 0 unspecified atom stereocenters. The van der Waals surface area contributed by atoms with E-state index in [4.69, 9.17) is 0 Å². The fourth-order valence-electron chi connectivity index (χ4n) is 11.3. The van der Waals surface area contributed by atoms with Gasteiger partial charge >= 0.3 is 0 Å². The van der Waals surface area contributed by atoms with Crippen molar-refractivity contribution >= 4 is 38.6 Å². The van der Waals surface area contributed by atoms with Crippen LogP contribution in [-0.4, -0.2) is 0 Å². The molecule has 0 N–H and O–H groups in total. The lowest BCUT2D eigenvalue weighted by Crippen LogP contribution is -2.36. The maximum atomic E-state index is 2.60. The Bertz CT molecular complexity index is 3380. The first-order chi connectivity index (χ1) is 31.8. The van der Waals surface area contributed by atoms with Gasteiger partial charge < -0.3 is 4.90 Å². The highest BCUT2D eigenvalue weighted by Gasteiger charge is 2.53. The van der Waals surface area contributed by atoms with E-state index < -0.39 is 5.41 Å². The lowest BCUT2D eigenvalue weighted by molar-refractivity contribution is 0.757. The van der Waals surface area contributed by atoms with Gasteiger partial charge in [0, 0.05) is 16.5 Å². The molecule has 0 atom stereocenters. The van der Waals surface area contributed by atoms with E-state index in [1.807, 2.05) is 0 Å². The number of para-hydroxylation sites is 1. The highest BCUT2D eigenvalue weighted by molar-refractivity contribution is 6.17. The summed E-state index contributed by atoms with van der Waals surface area (Å²) < 4.78 is 0. The minimum atomic E-state index is -0.690. The van der Waals surface area contributed by atoms with Gasteiger partial charge in [-0.15, -0.1) is 0 Å². The van der Waals surface area contributed by atoms with Gasteiger partial charge in [-0.2, -0.15) is 0 Å². The normalized spacial score (nSPS) is 13.1. The van der Waals surface area contributed by atoms with Crippen LogP contribution < -0.4 is 4.90 Å². The third-order valence-corrected chi connectivity index (χ3v) is 13.9. The van der Waals surface area contributed by atoms with E-state index in [-0.39, 0.29) is 0 Å². The smallest absolute Gasteiger partial charge is 0.0755 e. The van der Waals surface area contributed by atoms with Crippen LogP contribution in [0.2, 0.25) is 0 Å². The van der Waals surface area contributed by atoms with E-state index in [2.05, 4.69) is 254 Å². The molecule has 64 heavy (non-hydrogen) atoms. The number of hydrogen-bond acceptors (Lipinski definition) is 1. The number of anilines is 3. The maximum absolute atomic E-state index is 2.60. The summed E-state index contributed by atoms with van der Waals surface area (Å²) in [6.45, 7) is 0. The van der Waals surface area contributed by atoms with E-state index >= 15 is 0 Å². The molecule has 1 spiro atoms. The highest BCUT2D eigenvalue weighted by atomic mass is 15.2. The Morgan fingerprint density at radius 2 is 0.562 bits per heavy atom. The van der Waals surface area contributed by atoms with Gasteiger partial charge in [-0.25, -0.2) is 0 Å². The van der Waals surface area contributed by atoms with Crippen LogP contribution >= 0.6 is 0 Å². The van der Waals surface area contributed by atoms with Crippen molar-refractivity contribution in [3.63, 3.8) is 0 Å². The van der Waals surface area contributed by atoms with Crippen LogP contribution in [0.1, 0.15) is 22.3 Å². The van der Waals surface area contributed by atoms with Crippen LogP contribution in [0, 0.1) is 0 Å². The molecule has 1 heterocycles. The summed E-state index contributed by atoms with van der Waals surface area (Å²) in [5, 5.41) is 4.88. The number of benzene rings is 11. The zero-order chi connectivity index (χ0) is 42.2. The summed E-state index contributed by atoms with van der Waals surface area (Å²) in [7, 11) is 0. The van der Waals surface area contributed by atoms with Crippen molar-refractivity contribution in [3.05, 3.63) is 271 Å². The summed E-state index contributed by atoms with van der Waals surface area (Å²) in [6, 6.07) is 92.5. The summed E-state index contributed by atoms with van der Waals surface area (Å²) in [5.41, 5.74) is 20.3. The Balaban J connectivity index is 1.26. The van der Waals surface area contributed by atoms with Crippen molar-refractivity contribution in [2.45, 2.75) is 5.41 Å². The second kappa shape index (κ2) is 14.4. The molecular weight excluding hydrogens is 771 g/mol. The van der Waals surface area contributed by atoms with Crippen LogP contribution in [0.5, 0.6) is 0 Å². The Kier molecular flexibility index (Phi) is 8.20. The molecule has 11 aromatic rings. The molecule has 298 valence electrons. The van der Waals surface area contributed by atoms with Crippen LogP contribution in [0.4, 0.5) is 17.1 Å². The summed E-state index contributed by atoms with van der Waals surface area (Å²) in [5.74, 6) is 0. The van der Waals surface area contributed by atoms with Crippen molar-refractivity contribution in [3.8, 4) is 55.6 Å². The van der Waals surface area contributed by atoms with Gasteiger partial charge in [0.25, 0.3) is 0 Å². The molecule has 0 radical (unpaired) electrons. The van der Waals surface area contributed by atoms with Crippen molar-refractivity contribution in [2.75, 3.05) is 4.90 Å². The fraction of sp³-hybridized carbons (Fsp3) is 0.0159. The van der Waals surface area contributed by atoms with E-state index in [0.29, 0.717) is 0 Å². The van der Waals surface area contributed by atoms with Gasteiger partial charge in [0.05, 0.1) is 16.8 Å². The van der Waals surface area contributed by atoms with Gasteiger partial charge in [-0.1, -0.05) is 224 Å². The van der Waals surface area contributed by atoms with Crippen LogP contribution in [0.3, 0.4) is 0 Å². The summed E-state index contributed by atoms with van der Waals surface area (Å²) in [6.07, 6.45) is 0. The first-order valence-corrected chi connectivity index (χ1v) is 22.3. The fourth-order valence-corrected chi connectivity index (χ4v) is 11.3. The van der Waals surface area contributed by atoms with Gasteiger partial charge in [0.15, 0.2) is 0 Å². The topological polar surface area (TPSA) is 3.24 Å².